The fourth-order valence-electron chi connectivity index (χ4n) is 0.998. The Hall–Kier alpha value is -0.0231. The van der Waals surface area contributed by atoms with E-state index in [2.05, 4.69) is 0 Å². The maximum absolute atomic E-state index is 5.92. The van der Waals surface area contributed by atoms with Gasteiger partial charge in [0, 0.05) is 19.6 Å². The predicted octanol–water partition coefficient (Wildman–Crippen LogP) is -0.0347. The summed E-state index contributed by atoms with van der Waals surface area (Å²) in [5.74, 6) is 0. The summed E-state index contributed by atoms with van der Waals surface area (Å²) in [6.45, 7) is 12.6. The molecule has 0 heterocycles. The lowest BCUT2D eigenvalue weighted by atomic mass is 10.1. The summed E-state index contributed by atoms with van der Waals surface area (Å²) >= 11 is 0. The highest BCUT2D eigenvalue weighted by atomic mass is 28.3. The molecule has 0 saturated heterocycles. The second kappa shape index (κ2) is 7.12. The smallest absolute Gasteiger partial charge is 0.369 e. The zero-order chi connectivity index (χ0) is 15.3. The zero-order valence-electron chi connectivity index (χ0n) is 13.2. The first-order valence-electron chi connectivity index (χ1n) is 6.60. The van der Waals surface area contributed by atoms with Crippen molar-refractivity contribution in [1.29, 1.82) is 0 Å². The van der Waals surface area contributed by atoms with Gasteiger partial charge in [-0.15, -0.1) is 0 Å². The first-order valence-corrected chi connectivity index (χ1v) is 8.02. The molecule has 19 heavy (non-hydrogen) atoms. The van der Waals surface area contributed by atoms with Crippen LogP contribution in [0.3, 0.4) is 0 Å². The predicted molar refractivity (Wildman–Crippen MR) is 79.8 cm³/mol. The number of hydrogen-bond acceptors (Lipinski definition) is 6. The fourth-order valence-corrected chi connectivity index (χ4v) is 2.99. The van der Waals surface area contributed by atoms with Crippen molar-refractivity contribution in [2.24, 2.45) is 17.2 Å². The average molecular weight is 293 g/mol. The molecule has 7 heteroatoms. The van der Waals surface area contributed by atoms with Gasteiger partial charge in [0.15, 0.2) is 0 Å². The van der Waals surface area contributed by atoms with Gasteiger partial charge in [0.2, 0.25) is 0 Å². The Bertz CT molecular complexity index is 230. The normalized spacial score (nSPS) is 14.2. The molecule has 0 aliphatic rings. The van der Waals surface area contributed by atoms with Gasteiger partial charge in [-0.2, -0.15) is 0 Å². The minimum atomic E-state index is -2.40. The highest BCUT2D eigenvalue weighted by Crippen LogP contribution is 2.19. The highest BCUT2D eigenvalue weighted by Gasteiger charge is 2.35. The van der Waals surface area contributed by atoms with Crippen LogP contribution in [0.15, 0.2) is 0 Å². The third-order valence-corrected chi connectivity index (χ3v) is 5.21. The van der Waals surface area contributed by atoms with E-state index in [1.54, 1.807) is 0 Å². The van der Waals surface area contributed by atoms with E-state index in [1.807, 2.05) is 41.5 Å². The van der Waals surface area contributed by atoms with E-state index in [0.29, 0.717) is 19.6 Å². The maximum atomic E-state index is 5.92. The largest absolute Gasteiger partial charge is 0.485 e. The second-order valence-corrected chi connectivity index (χ2v) is 7.82. The molecule has 0 saturated carbocycles. The van der Waals surface area contributed by atoms with Crippen LogP contribution in [-0.4, -0.2) is 46.0 Å². The van der Waals surface area contributed by atoms with Gasteiger partial charge < -0.3 is 30.5 Å². The molecular formula is C12H31N3O3Si. The molecule has 0 aromatic heterocycles. The molecule has 0 atom stereocenters. The molecule has 0 radical (unpaired) electrons. The Morgan fingerprint density at radius 2 is 0.842 bits per heavy atom. The third-order valence-electron chi connectivity index (χ3n) is 2.72. The molecule has 0 amide bonds. The first-order chi connectivity index (χ1) is 8.47. The molecule has 0 aromatic carbocycles. The Morgan fingerprint density at radius 1 is 0.632 bits per heavy atom. The summed E-state index contributed by atoms with van der Waals surface area (Å²) in [4.78, 5) is 0. The van der Waals surface area contributed by atoms with Crippen molar-refractivity contribution in [1.82, 2.24) is 0 Å². The summed E-state index contributed by atoms with van der Waals surface area (Å²) in [7, 11) is -2.40. The van der Waals surface area contributed by atoms with Crippen molar-refractivity contribution in [3.63, 3.8) is 0 Å². The summed E-state index contributed by atoms with van der Waals surface area (Å²) in [6.07, 6.45) is 0. The Kier molecular flexibility index (Phi) is 7.11. The molecule has 0 unspecified atom stereocenters. The molecule has 0 aromatic rings. The van der Waals surface area contributed by atoms with Crippen molar-refractivity contribution in [3.05, 3.63) is 0 Å². The van der Waals surface area contributed by atoms with Gasteiger partial charge in [0.1, 0.15) is 0 Å². The molecule has 0 fully saturated rings. The quantitative estimate of drug-likeness (QED) is 0.515. The Labute approximate surface area is 118 Å². The molecule has 116 valence electrons. The monoisotopic (exact) mass is 293 g/mol. The summed E-state index contributed by atoms with van der Waals surface area (Å²) in [5, 5.41) is 0. The summed E-state index contributed by atoms with van der Waals surface area (Å²) in [6, 6.07) is 0. The lowest BCUT2D eigenvalue weighted by molar-refractivity contribution is -0.0575. The van der Waals surface area contributed by atoms with Crippen LogP contribution < -0.4 is 17.2 Å². The van der Waals surface area contributed by atoms with Crippen LogP contribution in [0.5, 0.6) is 0 Å². The van der Waals surface area contributed by atoms with Crippen molar-refractivity contribution >= 4 is 9.53 Å². The first kappa shape index (κ1) is 19.0. The van der Waals surface area contributed by atoms with Gasteiger partial charge in [0.05, 0.1) is 16.8 Å². The lowest BCUT2D eigenvalue weighted by Crippen LogP contribution is -2.52. The van der Waals surface area contributed by atoms with Crippen molar-refractivity contribution < 1.29 is 13.3 Å². The zero-order valence-corrected chi connectivity index (χ0v) is 14.3. The van der Waals surface area contributed by atoms with Crippen LogP contribution in [0.25, 0.3) is 0 Å². The van der Waals surface area contributed by atoms with Gasteiger partial charge in [-0.05, 0) is 41.5 Å². The van der Waals surface area contributed by atoms with E-state index < -0.39 is 26.3 Å². The third kappa shape index (κ3) is 7.98. The molecule has 0 aliphatic carbocycles. The highest BCUT2D eigenvalue weighted by molar-refractivity contribution is 6.36. The number of nitrogens with two attached hydrogens (primary N) is 3. The van der Waals surface area contributed by atoms with Crippen LogP contribution in [0.1, 0.15) is 41.5 Å². The molecular weight excluding hydrogens is 262 g/mol. The average Bonchev–Trinajstić information content (AvgIpc) is 2.27. The van der Waals surface area contributed by atoms with Crippen molar-refractivity contribution in [2.75, 3.05) is 19.6 Å². The van der Waals surface area contributed by atoms with E-state index in [-0.39, 0.29) is 0 Å². The Morgan fingerprint density at radius 3 is 1.00 bits per heavy atom. The maximum Gasteiger partial charge on any atom is 0.485 e. The molecule has 0 aliphatic heterocycles. The van der Waals surface area contributed by atoms with E-state index in [4.69, 9.17) is 30.5 Å². The number of rotatable bonds is 9. The molecule has 6 nitrogen and oxygen atoms in total. The number of hydrogen-bond donors (Lipinski definition) is 3. The van der Waals surface area contributed by atoms with E-state index in [9.17, 15) is 0 Å². The topological polar surface area (TPSA) is 106 Å². The van der Waals surface area contributed by atoms with Crippen molar-refractivity contribution in [2.45, 2.75) is 58.3 Å². The molecule has 6 N–H and O–H groups in total. The van der Waals surface area contributed by atoms with Crippen LogP contribution in [0.4, 0.5) is 0 Å². The molecule has 0 bridgehead atoms. The minimum Gasteiger partial charge on any atom is -0.369 e. The van der Waals surface area contributed by atoms with Gasteiger partial charge in [0.25, 0.3) is 0 Å². The Balaban J connectivity index is 4.84. The minimum absolute atomic E-state index is 0.384. The van der Waals surface area contributed by atoms with E-state index in [0.717, 1.165) is 0 Å². The second-order valence-electron chi connectivity index (χ2n) is 6.53. The summed E-state index contributed by atoms with van der Waals surface area (Å²) < 4.78 is 17.8. The van der Waals surface area contributed by atoms with Crippen LogP contribution in [0.2, 0.25) is 0 Å². The molecule has 0 spiro atoms. The molecule has 0 rings (SSSR count). The van der Waals surface area contributed by atoms with E-state index >= 15 is 0 Å². The summed E-state index contributed by atoms with van der Waals surface area (Å²) in [5.41, 5.74) is 15.6. The lowest BCUT2D eigenvalue weighted by Gasteiger charge is -2.37. The van der Waals surface area contributed by atoms with Gasteiger partial charge >= 0.3 is 9.53 Å². The van der Waals surface area contributed by atoms with E-state index in [1.165, 1.54) is 0 Å². The standard InChI is InChI=1S/C12H31N3O3Si/c1-10(2,7-13)16-19(17-11(3,4)8-14)18-12(5,6)9-15/h19H,7-9,13-15H2,1-6H3. The van der Waals surface area contributed by atoms with Crippen LogP contribution in [-0.2, 0) is 13.3 Å². The SMILES string of the molecule is CC(C)(CN)O[SiH](OC(C)(C)CN)OC(C)(C)CN. The van der Waals surface area contributed by atoms with Gasteiger partial charge in [-0.25, -0.2) is 0 Å². The van der Waals surface area contributed by atoms with Crippen LogP contribution in [0, 0.1) is 0 Å². The van der Waals surface area contributed by atoms with Gasteiger partial charge in [-0.1, -0.05) is 0 Å². The fraction of sp³-hybridized carbons (Fsp3) is 1.00. The van der Waals surface area contributed by atoms with Crippen molar-refractivity contribution in [3.8, 4) is 0 Å². The van der Waals surface area contributed by atoms with Crippen LogP contribution >= 0.6 is 0 Å². The van der Waals surface area contributed by atoms with Gasteiger partial charge in [-0.3, -0.25) is 0 Å².